The third kappa shape index (κ3) is 4.13. The normalized spacial score (nSPS) is 16.4. The highest BCUT2D eigenvalue weighted by atomic mass is 16.2. The summed E-state index contributed by atoms with van der Waals surface area (Å²) in [5.74, 6) is -0.168. The first-order chi connectivity index (χ1) is 14.6. The van der Waals surface area contributed by atoms with Gasteiger partial charge in [0.05, 0.1) is 0 Å². The van der Waals surface area contributed by atoms with E-state index in [2.05, 4.69) is 29.6 Å². The molecule has 1 N–H and O–H groups in total. The van der Waals surface area contributed by atoms with Crippen LogP contribution in [0.2, 0.25) is 0 Å². The molecule has 1 fully saturated rings. The van der Waals surface area contributed by atoms with Gasteiger partial charge in [0.15, 0.2) is 0 Å². The summed E-state index contributed by atoms with van der Waals surface area (Å²) in [6, 6.07) is 27.4. The highest BCUT2D eigenvalue weighted by molar-refractivity contribution is 5.90. The van der Waals surface area contributed by atoms with E-state index in [4.69, 9.17) is 0 Å². The van der Waals surface area contributed by atoms with Gasteiger partial charge in [-0.05, 0) is 29.2 Å². The molecular weight excluding hydrogens is 372 g/mol. The van der Waals surface area contributed by atoms with Gasteiger partial charge < -0.3 is 10.2 Å². The monoisotopic (exact) mass is 398 g/mol. The van der Waals surface area contributed by atoms with Gasteiger partial charge in [0.25, 0.3) is 0 Å². The van der Waals surface area contributed by atoms with Crippen LogP contribution in [0.25, 0.3) is 0 Å². The summed E-state index contributed by atoms with van der Waals surface area (Å²) >= 11 is 0. The second kappa shape index (κ2) is 8.95. The van der Waals surface area contributed by atoms with Gasteiger partial charge in [-0.1, -0.05) is 84.9 Å². The summed E-state index contributed by atoms with van der Waals surface area (Å²) in [4.78, 5) is 28.1. The van der Waals surface area contributed by atoms with Gasteiger partial charge in [0.1, 0.15) is 6.04 Å². The minimum Gasteiger partial charge on any atom is -0.352 e. The van der Waals surface area contributed by atoms with E-state index in [0.29, 0.717) is 19.5 Å². The summed E-state index contributed by atoms with van der Waals surface area (Å²) in [6.07, 6.45) is 0.323. The van der Waals surface area contributed by atoms with E-state index in [1.54, 1.807) is 4.90 Å². The smallest absolute Gasteiger partial charge is 0.247 e. The van der Waals surface area contributed by atoms with Crippen LogP contribution in [0.3, 0.4) is 0 Å². The third-order valence-corrected chi connectivity index (χ3v) is 5.80. The zero-order valence-corrected chi connectivity index (χ0v) is 17.1. The SMILES string of the molecule is Cc1ccccc1C1C(=O)NCCN1C(=O)CC(c1ccccc1)c1ccccc1. The largest absolute Gasteiger partial charge is 0.352 e. The number of amides is 2. The Labute approximate surface area is 177 Å². The van der Waals surface area contributed by atoms with E-state index in [0.717, 1.165) is 22.3 Å². The first-order valence-corrected chi connectivity index (χ1v) is 10.4. The first kappa shape index (κ1) is 19.9. The molecule has 1 heterocycles. The molecule has 152 valence electrons. The molecule has 0 saturated carbocycles. The fraction of sp³-hybridized carbons (Fsp3) is 0.231. The van der Waals surface area contributed by atoms with Gasteiger partial charge in [0, 0.05) is 25.4 Å². The zero-order valence-electron chi connectivity index (χ0n) is 17.1. The van der Waals surface area contributed by atoms with Crippen molar-refractivity contribution < 1.29 is 9.59 Å². The average molecular weight is 399 g/mol. The van der Waals surface area contributed by atoms with E-state index in [1.807, 2.05) is 67.6 Å². The Bertz CT molecular complexity index is 978. The van der Waals surface area contributed by atoms with Gasteiger partial charge in [-0.3, -0.25) is 9.59 Å². The predicted molar refractivity (Wildman–Crippen MR) is 118 cm³/mol. The topological polar surface area (TPSA) is 49.4 Å². The lowest BCUT2D eigenvalue weighted by atomic mass is 9.87. The van der Waals surface area contributed by atoms with Crippen LogP contribution in [-0.4, -0.2) is 29.8 Å². The third-order valence-electron chi connectivity index (χ3n) is 5.80. The van der Waals surface area contributed by atoms with Gasteiger partial charge in [-0.15, -0.1) is 0 Å². The van der Waals surface area contributed by atoms with Crippen LogP contribution in [0.5, 0.6) is 0 Å². The van der Waals surface area contributed by atoms with E-state index >= 15 is 0 Å². The zero-order chi connectivity index (χ0) is 20.9. The molecule has 2 amide bonds. The maximum absolute atomic E-state index is 13.5. The van der Waals surface area contributed by atoms with Crippen molar-refractivity contribution in [2.24, 2.45) is 0 Å². The molecule has 30 heavy (non-hydrogen) atoms. The van der Waals surface area contributed by atoms with Crippen molar-refractivity contribution in [2.45, 2.75) is 25.3 Å². The van der Waals surface area contributed by atoms with Crippen molar-refractivity contribution in [1.29, 1.82) is 0 Å². The number of hydrogen-bond acceptors (Lipinski definition) is 2. The summed E-state index contributed by atoms with van der Waals surface area (Å²) in [5, 5.41) is 2.93. The van der Waals surface area contributed by atoms with Gasteiger partial charge in [0.2, 0.25) is 11.8 Å². The number of benzene rings is 3. The molecule has 1 atom stereocenters. The molecule has 0 radical (unpaired) electrons. The van der Waals surface area contributed by atoms with Crippen LogP contribution in [0.4, 0.5) is 0 Å². The van der Waals surface area contributed by atoms with E-state index in [1.165, 1.54) is 0 Å². The lowest BCUT2D eigenvalue weighted by Gasteiger charge is -2.37. The molecule has 1 unspecified atom stereocenters. The summed E-state index contributed by atoms with van der Waals surface area (Å²) in [5.41, 5.74) is 4.11. The molecule has 4 nitrogen and oxygen atoms in total. The number of carbonyl (C=O) groups excluding carboxylic acids is 2. The quantitative estimate of drug-likeness (QED) is 0.700. The van der Waals surface area contributed by atoms with Crippen molar-refractivity contribution in [2.75, 3.05) is 13.1 Å². The summed E-state index contributed by atoms with van der Waals surface area (Å²) in [7, 11) is 0. The molecule has 0 aliphatic carbocycles. The molecule has 0 bridgehead atoms. The van der Waals surface area contributed by atoms with Gasteiger partial charge >= 0.3 is 0 Å². The number of carbonyl (C=O) groups is 2. The standard InChI is InChI=1S/C26H26N2O2/c1-19-10-8-9-15-22(19)25-26(30)27-16-17-28(25)24(29)18-23(20-11-4-2-5-12-20)21-13-6-3-7-14-21/h2-15,23,25H,16-18H2,1H3,(H,27,30). The lowest BCUT2D eigenvalue weighted by molar-refractivity contribution is -0.143. The van der Waals surface area contributed by atoms with Crippen LogP contribution in [0, 0.1) is 6.92 Å². The Morgan fingerprint density at radius 1 is 0.933 bits per heavy atom. The molecule has 4 heteroatoms. The Kier molecular flexibility index (Phi) is 5.94. The molecule has 1 aliphatic rings. The second-order valence-electron chi connectivity index (χ2n) is 7.72. The maximum atomic E-state index is 13.5. The molecule has 1 aliphatic heterocycles. The number of rotatable bonds is 5. The molecule has 0 spiro atoms. The maximum Gasteiger partial charge on any atom is 0.247 e. The number of nitrogens with zero attached hydrogens (tertiary/aromatic N) is 1. The molecular formula is C26H26N2O2. The van der Waals surface area contributed by atoms with Crippen molar-refractivity contribution in [1.82, 2.24) is 10.2 Å². The Morgan fingerprint density at radius 3 is 2.10 bits per heavy atom. The Hall–Kier alpha value is -3.40. The molecule has 4 rings (SSSR count). The van der Waals surface area contributed by atoms with Crippen molar-refractivity contribution in [3.8, 4) is 0 Å². The van der Waals surface area contributed by atoms with E-state index in [-0.39, 0.29) is 17.7 Å². The van der Waals surface area contributed by atoms with Crippen LogP contribution >= 0.6 is 0 Å². The summed E-state index contributed by atoms with van der Waals surface area (Å²) < 4.78 is 0. The Morgan fingerprint density at radius 2 is 1.50 bits per heavy atom. The minimum atomic E-state index is -0.584. The summed E-state index contributed by atoms with van der Waals surface area (Å²) in [6.45, 7) is 2.98. The van der Waals surface area contributed by atoms with Crippen molar-refractivity contribution in [3.63, 3.8) is 0 Å². The fourth-order valence-corrected chi connectivity index (χ4v) is 4.23. The number of aryl methyl sites for hydroxylation is 1. The number of nitrogens with one attached hydrogen (secondary N) is 1. The average Bonchev–Trinajstić information content (AvgIpc) is 2.79. The van der Waals surface area contributed by atoms with E-state index < -0.39 is 6.04 Å². The minimum absolute atomic E-state index is 0.00388. The lowest BCUT2D eigenvalue weighted by Crippen LogP contribution is -2.52. The van der Waals surface area contributed by atoms with Crippen LogP contribution in [0.1, 0.15) is 40.6 Å². The van der Waals surface area contributed by atoms with Crippen molar-refractivity contribution in [3.05, 3.63) is 107 Å². The first-order valence-electron chi connectivity index (χ1n) is 10.4. The Balaban J connectivity index is 1.66. The predicted octanol–water partition coefficient (Wildman–Crippen LogP) is 4.22. The van der Waals surface area contributed by atoms with Crippen molar-refractivity contribution >= 4 is 11.8 Å². The van der Waals surface area contributed by atoms with Crippen LogP contribution < -0.4 is 5.32 Å². The highest BCUT2D eigenvalue weighted by Crippen LogP contribution is 2.32. The number of piperazine rings is 1. The molecule has 1 saturated heterocycles. The number of hydrogen-bond donors (Lipinski definition) is 1. The fourth-order valence-electron chi connectivity index (χ4n) is 4.23. The molecule has 3 aromatic rings. The molecule has 0 aromatic heterocycles. The van der Waals surface area contributed by atoms with Crippen LogP contribution in [0.15, 0.2) is 84.9 Å². The van der Waals surface area contributed by atoms with Gasteiger partial charge in [-0.25, -0.2) is 0 Å². The van der Waals surface area contributed by atoms with E-state index in [9.17, 15) is 9.59 Å². The molecule has 3 aromatic carbocycles. The van der Waals surface area contributed by atoms with Gasteiger partial charge in [-0.2, -0.15) is 0 Å². The second-order valence-corrected chi connectivity index (χ2v) is 7.72. The highest BCUT2D eigenvalue weighted by Gasteiger charge is 2.36. The van der Waals surface area contributed by atoms with Crippen LogP contribution in [-0.2, 0) is 9.59 Å².